The van der Waals surface area contributed by atoms with Gasteiger partial charge in [-0.25, -0.2) is 4.98 Å². The largest absolute Gasteiger partial charge is 0.366 e. The molecule has 7 nitrogen and oxygen atoms in total. The Morgan fingerprint density at radius 1 is 1.25 bits per heavy atom. The van der Waals surface area contributed by atoms with Crippen LogP contribution in [0.2, 0.25) is 0 Å². The third kappa shape index (κ3) is 4.61. The number of hydrogen-bond acceptors (Lipinski definition) is 6. The van der Waals surface area contributed by atoms with Crippen LogP contribution in [0, 0.1) is 21.4 Å². The van der Waals surface area contributed by atoms with E-state index in [2.05, 4.69) is 47.4 Å². The SMILES string of the molecule is CC(CN(C)Cc1ccccc1)Nc1cc(C#N)c2cc([N+](=O)[O-])ccc2n1. The fourth-order valence-electron chi connectivity index (χ4n) is 3.22. The molecular formula is C21H21N5O2. The number of fused-ring (bicyclic) bond motifs is 1. The van der Waals surface area contributed by atoms with Crippen molar-refractivity contribution in [1.82, 2.24) is 9.88 Å². The Bertz CT molecular complexity index is 1030. The molecule has 0 bridgehead atoms. The van der Waals surface area contributed by atoms with Crippen molar-refractivity contribution < 1.29 is 4.92 Å². The maximum atomic E-state index is 11.0. The van der Waals surface area contributed by atoms with Crippen LogP contribution in [0.25, 0.3) is 10.9 Å². The molecule has 0 amide bonds. The molecule has 1 N–H and O–H groups in total. The second-order valence-electron chi connectivity index (χ2n) is 6.85. The summed E-state index contributed by atoms with van der Waals surface area (Å²) in [4.78, 5) is 17.2. The van der Waals surface area contributed by atoms with Crippen LogP contribution in [0.4, 0.5) is 11.5 Å². The molecule has 3 aromatic rings. The Morgan fingerprint density at radius 2 is 2.00 bits per heavy atom. The first-order valence-corrected chi connectivity index (χ1v) is 8.94. The number of nitriles is 1. The Hall–Kier alpha value is -3.50. The van der Waals surface area contributed by atoms with Gasteiger partial charge < -0.3 is 10.2 Å². The highest BCUT2D eigenvalue weighted by Gasteiger charge is 2.13. The molecule has 0 saturated heterocycles. The summed E-state index contributed by atoms with van der Waals surface area (Å²) in [5.41, 5.74) is 2.11. The predicted molar refractivity (Wildman–Crippen MR) is 109 cm³/mol. The molecule has 0 saturated carbocycles. The number of likely N-dealkylation sites (N-methyl/N-ethyl adjacent to an activating group) is 1. The van der Waals surface area contributed by atoms with E-state index in [9.17, 15) is 15.4 Å². The van der Waals surface area contributed by atoms with Gasteiger partial charge in [0, 0.05) is 36.7 Å². The summed E-state index contributed by atoms with van der Waals surface area (Å²) in [5.74, 6) is 0.582. The summed E-state index contributed by atoms with van der Waals surface area (Å²) >= 11 is 0. The van der Waals surface area contributed by atoms with E-state index in [1.54, 1.807) is 12.1 Å². The van der Waals surface area contributed by atoms with Crippen LogP contribution in [0.5, 0.6) is 0 Å². The molecule has 28 heavy (non-hydrogen) atoms. The molecule has 7 heteroatoms. The fraction of sp³-hybridized carbons (Fsp3) is 0.238. The number of non-ortho nitro benzene ring substituents is 1. The molecule has 0 spiro atoms. The van der Waals surface area contributed by atoms with E-state index in [0.29, 0.717) is 22.3 Å². The van der Waals surface area contributed by atoms with Gasteiger partial charge in [0.1, 0.15) is 5.82 Å². The van der Waals surface area contributed by atoms with Gasteiger partial charge in [-0.3, -0.25) is 10.1 Å². The highest BCUT2D eigenvalue weighted by Crippen LogP contribution is 2.25. The van der Waals surface area contributed by atoms with Gasteiger partial charge >= 0.3 is 0 Å². The molecule has 1 atom stereocenters. The number of nitro groups is 1. The lowest BCUT2D eigenvalue weighted by Gasteiger charge is -2.23. The lowest BCUT2D eigenvalue weighted by molar-refractivity contribution is -0.384. The molecule has 1 aromatic heterocycles. The summed E-state index contributed by atoms with van der Waals surface area (Å²) in [5, 5.41) is 24.2. The Kier molecular flexibility index (Phi) is 5.82. The maximum Gasteiger partial charge on any atom is 0.270 e. The smallest absolute Gasteiger partial charge is 0.270 e. The van der Waals surface area contributed by atoms with Gasteiger partial charge in [0.05, 0.1) is 22.1 Å². The molecule has 0 aliphatic rings. The number of benzene rings is 2. The van der Waals surface area contributed by atoms with Crippen LogP contribution in [-0.2, 0) is 6.54 Å². The van der Waals surface area contributed by atoms with E-state index in [4.69, 9.17) is 0 Å². The minimum atomic E-state index is -0.475. The van der Waals surface area contributed by atoms with Crippen molar-refractivity contribution in [2.24, 2.45) is 0 Å². The van der Waals surface area contributed by atoms with Crippen LogP contribution in [0.1, 0.15) is 18.1 Å². The van der Waals surface area contributed by atoms with Crippen molar-refractivity contribution in [3.05, 3.63) is 75.8 Å². The predicted octanol–water partition coefficient (Wildman–Crippen LogP) is 3.95. The molecule has 0 radical (unpaired) electrons. The molecule has 1 heterocycles. The zero-order valence-corrected chi connectivity index (χ0v) is 15.8. The van der Waals surface area contributed by atoms with Gasteiger partial charge in [0.2, 0.25) is 0 Å². The van der Waals surface area contributed by atoms with Crippen LogP contribution < -0.4 is 5.32 Å². The Labute approximate surface area is 163 Å². The first kappa shape index (κ1) is 19.3. The van der Waals surface area contributed by atoms with E-state index in [0.717, 1.165) is 13.1 Å². The lowest BCUT2D eigenvalue weighted by atomic mass is 10.1. The molecule has 1 unspecified atom stereocenters. The van der Waals surface area contributed by atoms with Gasteiger partial charge in [-0.05, 0) is 31.7 Å². The lowest BCUT2D eigenvalue weighted by Crippen LogP contribution is -2.32. The Morgan fingerprint density at radius 3 is 2.68 bits per heavy atom. The highest BCUT2D eigenvalue weighted by atomic mass is 16.6. The molecule has 2 aromatic carbocycles. The van der Waals surface area contributed by atoms with Crippen molar-refractivity contribution in [2.75, 3.05) is 18.9 Å². The topological polar surface area (TPSA) is 95.1 Å². The summed E-state index contributed by atoms with van der Waals surface area (Å²) in [7, 11) is 2.05. The molecule has 0 aliphatic carbocycles. The molecular weight excluding hydrogens is 354 g/mol. The van der Waals surface area contributed by atoms with Crippen LogP contribution in [0.15, 0.2) is 54.6 Å². The van der Waals surface area contributed by atoms with Gasteiger partial charge in [-0.1, -0.05) is 30.3 Å². The summed E-state index contributed by atoms with van der Waals surface area (Å²) in [6.45, 7) is 3.68. The summed E-state index contributed by atoms with van der Waals surface area (Å²) < 4.78 is 0. The van der Waals surface area contributed by atoms with Gasteiger partial charge in [0.25, 0.3) is 5.69 Å². The van der Waals surface area contributed by atoms with Crippen molar-refractivity contribution >= 4 is 22.4 Å². The van der Waals surface area contributed by atoms with E-state index in [1.165, 1.54) is 17.7 Å². The van der Waals surface area contributed by atoms with Crippen LogP contribution in [-0.4, -0.2) is 34.4 Å². The Balaban J connectivity index is 1.73. The quantitative estimate of drug-likeness (QED) is 0.496. The van der Waals surface area contributed by atoms with Gasteiger partial charge in [-0.15, -0.1) is 0 Å². The number of nitrogens with zero attached hydrogens (tertiary/aromatic N) is 4. The molecule has 3 rings (SSSR count). The average molecular weight is 375 g/mol. The van der Waals surface area contributed by atoms with E-state index >= 15 is 0 Å². The number of hydrogen-bond donors (Lipinski definition) is 1. The average Bonchev–Trinajstić information content (AvgIpc) is 2.67. The van der Waals surface area contributed by atoms with E-state index < -0.39 is 4.92 Å². The van der Waals surface area contributed by atoms with E-state index in [1.807, 2.05) is 18.2 Å². The van der Waals surface area contributed by atoms with Crippen molar-refractivity contribution in [1.29, 1.82) is 5.26 Å². The van der Waals surface area contributed by atoms with Gasteiger partial charge in [-0.2, -0.15) is 5.26 Å². The van der Waals surface area contributed by atoms with Crippen LogP contribution in [0.3, 0.4) is 0 Å². The zero-order chi connectivity index (χ0) is 20.1. The number of nitro benzene ring substituents is 1. The third-order valence-electron chi connectivity index (χ3n) is 4.40. The third-order valence-corrected chi connectivity index (χ3v) is 4.40. The second kappa shape index (κ2) is 8.46. The number of nitrogens with one attached hydrogen (secondary N) is 1. The number of anilines is 1. The normalized spacial score (nSPS) is 11.9. The minimum absolute atomic E-state index is 0.0533. The molecule has 142 valence electrons. The first-order chi connectivity index (χ1) is 13.5. The van der Waals surface area contributed by atoms with Gasteiger partial charge in [0.15, 0.2) is 0 Å². The standard InChI is InChI=1S/C21H21N5O2/c1-15(13-25(2)14-16-6-4-3-5-7-16)23-21-10-17(12-22)19-11-18(26(27)28)8-9-20(19)24-21/h3-11,15H,13-14H2,1-2H3,(H,23,24). The summed E-state index contributed by atoms with van der Waals surface area (Å²) in [6, 6.07) is 18.5. The fourth-order valence-corrected chi connectivity index (χ4v) is 3.22. The number of pyridine rings is 1. The molecule has 0 fully saturated rings. The first-order valence-electron chi connectivity index (χ1n) is 8.94. The highest BCUT2D eigenvalue weighted by molar-refractivity contribution is 5.88. The van der Waals surface area contributed by atoms with Crippen molar-refractivity contribution in [3.8, 4) is 6.07 Å². The van der Waals surface area contributed by atoms with Crippen molar-refractivity contribution in [3.63, 3.8) is 0 Å². The van der Waals surface area contributed by atoms with Crippen LogP contribution >= 0.6 is 0 Å². The second-order valence-corrected chi connectivity index (χ2v) is 6.85. The maximum absolute atomic E-state index is 11.0. The van der Waals surface area contributed by atoms with E-state index in [-0.39, 0.29) is 11.7 Å². The minimum Gasteiger partial charge on any atom is -0.366 e. The summed E-state index contributed by atoms with van der Waals surface area (Å²) in [6.07, 6.45) is 0. The monoisotopic (exact) mass is 375 g/mol. The zero-order valence-electron chi connectivity index (χ0n) is 15.8. The number of aromatic nitrogens is 1. The number of rotatable bonds is 7. The molecule has 0 aliphatic heterocycles. The van der Waals surface area contributed by atoms with Crippen molar-refractivity contribution in [2.45, 2.75) is 19.5 Å².